The summed E-state index contributed by atoms with van der Waals surface area (Å²) >= 11 is 0. The molecular weight excluding hydrogens is 279 g/mol. The predicted octanol–water partition coefficient (Wildman–Crippen LogP) is 3.19. The molecule has 0 aliphatic heterocycles. The first-order chi connectivity index (χ1) is 9.93. The van der Waals surface area contributed by atoms with Gasteiger partial charge in [0.25, 0.3) is 0 Å². The van der Waals surface area contributed by atoms with Gasteiger partial charge in [-0.05, 0) is 36.2 Å². The highest BCUT2D eigenvalue weighted by molar-refractivity contribution is 5.31. The summed E-state index contributed by atoms with van der Waals surface area (Å²) in [5.74, 6) is -2.67. The van der Waals surface area contributed by atoms with E-state index in [9.17, 15) is 18.3 Å². The van der Waals surface area contributed by atoms with Crippen LogP contribution in [0.25, 0.3) is 0 Å². The molecule has 112 valence electrons. The first-order valence-electron chi connectivity index (χ1n) is 6.53. The summed E-state index contributed by atoms with van der Waals surface area (Å²) < 4.78 is 40.4. The van der Waals surface area contributed by atoms with Gasteiger partial charge in [-0.1, -0.05) is 12.1 Å². The van der Waals surface area contributed by atoms with Gasteiger partial charge >= 0.3 is 0 Å². The van der Waals surface area contributed by atoms with Gasteiger partial charge in [-0.15, -0.1) is 0 Å². The van der Waals surface area contributed by atoms with Crippen molar-refractivity contribution in [1.29, 1.82) is 0 Å². The molecule has 0 bridgehead atoms. The van der Waals surface area contributed by atoms with Crippen molar-refractivity contribution in [2.24, 2.45) is 5.73 Å². The lowest BCUT2D eigenvalue weighted by Crippen LogP contribution is -2.21. The topological polar surface area (TPSA) is 46.2 Å². The maximum Gasteiger partial charge on any atom is 0.131 e. The predicted molar refractivity (Wildman–Crippen MR) is 74.3 cm³/mol. The molecule has 2 unspecified atom stereocenters. The number of halogens is 3. The third-order valence-electron chi connectivity index (χ3n) is 3.51. The fraction of sp³-hybridized carbons (Fsp3) is 0.250. The second kappa shape index (κ2) is 6.28. The third-order valence-corrected chi connectivity index (χ3v) is 3.51. The van der Waals surface area contributed by atoms with Gasteiger partial charge in [-0.3, -0.25) is 0 Å². The Balaban J connectivity index is 2.41. The molecule has 2 aromatic carbocycles. The van der Waals surface area contributed by atoms with Gasteiger partial charge in [0, 0.05) is 24.1 Å². The summed E-state index contributed by atoms with van der Waals surface area (Å²) in [4.78, 5) is 0. The van der Waals surface area contributed by atoms with Crippen molar-refractivity contribution < 1.29 is 18.3 Å². The molecular formula is C16H16F3NO. The molecule has 21 heavy (non-hydrogen) atoms. The van der Waals surface area contributed by atoms with Crippen molar-refractivity contribution in [3.8, 4) is 0 Å². The molecule has 0 fully saturated rings. The van der Waals surface area contributed by atoms with E-state index >= 15 is 0 Å². The van der Waals surface area contributed by atoms with Crippen molar-refractivity contribution in [3.63, 3.8) is 0 Å². The first-order valence-corrected chi connectivity index (χ1v) is 6.53. The number of rotatable bonds is 4. The van der Waals surface area contributed by atoms with Crippen LogP contribution in [0.1, 0.15) is 28.7 Å². The molecule has 2 atom stereocenters. The lowest BCUT2D eigenvalue weighted by atomic mass is 9.88. The summed E-state index contributed by atoms with van der Waals surface area (Å²) in [5.41, 5.74) is 6.27. The fourth-order valence-electron chi connectivity index (χ4n) is 2.31. The van der Waals surface area contributed by atoms with Crippen LogP contribution in [0.4, 0.5) is 13.2 Å². The highest BCUT2D eigenvalue weighted by Gasteiger charge is 2.25. The average Bonchev–Trinajstić information content (AvgIpc) is 2.43. The molecule has 5 heteroatoms. The lowest BCUT2D eigenvalue weighted by molar-refractivity contribution is 0.142. The third kappa shape index (κ3) is 3.25. The number of benzene rings is 2. The van der Waals surface area contributed by atoms with E-state index in [1.54, 1.807) is 6.07 Å². The molecule has 0 amide bonds. The van der Waals surface area contributed by atoms with Gasteiger partial charge in [0.1, 0.15) is 17.5 Å². The molecule has 0 aromatic heterocycles. The molecule has 0 radical (unpaired) electrons. The Morgan fingerprint density at radius 1 is 1.10 bits per heavy atom. The van der Waals surface area contributed by atoms with Crippen molar-refractivity contribution in [3.05, 3.63) is 70.5 Å². The second-order valence-electron chi connectivity index (χ2n) is 4.96. The van der Waals surface area contributed by atoms with Gasteiger partial charge in [-0.25, -0.2) is 13.2 Å². The smallest absolute Gasteiger partial charge is 0.131 e. The Hall–Kier alpha value is -1.85. The molecule has 0 spiro atoms. The normalized spacial score (nSPS) is 14.0. The highest BCUT2D eigenvalue weighted by atomic mass is 19.1. The minimum Gasteiger partial charge on any atom is -0.388 e. The van der Waals surface area contributed by atoms with Crippen LogP contribution in [0.15, 0.2) is 36.4 Å². The van der Waals surface area contributed by atoms with Crippen molar-refractivity contribution in [2.45, 2.75) is 18.9 Å². The monoisotopic (exact) mass is 295 g/mol. The van der Waals surface area contributed by atoms with Crippen molar-refractivity contribution >= 4 is 0 Å². The number of nitrogens with two attached hydrogens (primary N) is 1. The van der Waals surface area contributed by atoms with Crippen molar-refractivity contribution in [1.82, 2.24) is 0 Å². The van der Waals surface area contributed by atoms with E-state index in [1.165, 1.54) is 31.2 Å². The van der Waals surface area contributed by atoms with Crippen LogP contribution in [-0.2, 0) is 0 Å². The molecule has 0 heterocycles. The van der Waals surface area contributed by atoms with Gasteiger partial charge in [-0.2, -0.15) is 0 Å². The summed E-state index contributed by atoms with van der Waals surface area (Å²) in [7, 11) is 0. The van der Waals surface area contributed by atoms with Gasteiger partial charge in [0.15, 0.2) is 0 Å². The Morgan fingerprint density at radius 3 is 2.43 bits per heavy atom. The molecule has 0 saturated heterocycles. The minimum absolute atomic E-state index is 0.000480. The first kappa shape index (κ1) is 15.5. The van der Waals surface area contributed by atoms with E-state index in [4.69, 9.17) is 5.73 Å². The zero-order valence-corrected chi connectivity index (χ0v) is 11.5. The Morgan fingerprint density at radius 2 is 1.81 bits per heavy atom. The fourth-order valence-corrected chi connectivity index (χ4v) is 2.31. The zero-order valence-electron chi connectivity index (χ0n) is 11.5. The largest absolute Gasteiger partial charge is 0.388 e. The minimum atomic E-state index is -1.28. The molecule has 2 rings (SSSR count). The Labute approximate surface area is 121 Å². The van der Waals surface area contributed by atoms with Crippen LogP contribution in [0.5, 0.6) is 0 Å². The van der Waals surface area contributed by atoms with Gasteiger partial charge in [0.05, 0.1) is 6.10 Å². The van der Waals surface area contributed by atoms with E-state index in [1.807, 2.05) is 0 Å². The average molecular weight is 295 g/mol. The molecule has 0 aliphatic carbocycles. The van der Waals surface area contributed by atoms with E-state index in [0.717, 1.165) is 6.07 Å². The maximum absolute atomic E-state index is 13.9. The van der Waals surface area contributed by atoms with Crippen molar-refractivity contribution in [2.75, 3.05) is 6.54 Å². The van der Waals surface area contributed by atoms with Gasteiger partial charge < -0.3 is 10.8 Å². The van der Waals surface area contributed by atoms with Crippen LogP contribution in [-0.4, -0.2) is 11.7 Å². The SMILES string of the molecule is Cc1cc(C(O)C(CN)c2cccc(F)c2)c(F)cc1F. The Kier molecular flexibility index (Phi) is 4.65. The van der Waals surface area contributed by atoms with Gasteiger partial charge in [0.2, 0.25) is 0 Å². The molecule has 2 nitrogen and oxygen atoms in total. The maximum atomic E-state index is 13.9. The summed E-state index contributed by atoms with van der Waals surface area (Å²) in [6, 6.07) is 7.59. The van der Waals surface area contributed by atoms with Crippen LogP contribution in [0, 0.1) is 24.4 Å². The van der Waals surface area contributed by atoms with Crippen LogP contribution in [0.2, 0.25) is 0 Å². The molecule has 3 N–H and O–H groups in total. The molecule has 2 aromatic rings. The molecule has 0 saturated carbocycles. The van der Waals surface area contributed by atoms with Crippen LogP contribution < -0.4 is 5.73 Å². The number of aryl methyl sites for hydroxylation is 1. The number of hydrogen-bond acceptors (Lipinski definition) is 2. The highest BCUT2D eigenvalue weighted by Crippen LogP contribution is 2.32. The van der Waals surface area contributed by atoms with Crippen LogP contribution >= 0.6 is 0 Å². The second-order valence-corrected chi connectivity index (χ2v) is 4.96. The zero-order chi connectivity index (χ0) is 15.6. The summed E-state index contributed by atoms with van der Waals surface area (Å²) in [5, 5.41) is 10.4. The summed E-state index contributed by atoms with van der Waals surface area (Å²) in [6.07, 6.45) is -1.28. The quantitative estimate of drug-likeness (QED) is 0.910. The Bertz CT molecular complexity index is 645. The number of aliphatic hydroxyl groups is 1. The lowest BCUT2D eigenvalue weighted by Gasteiger charge is -2.23. The number of aliphatic hydroxyl groups excluding tert-OH is 1. The van der Waals surface area contributed by atoms with E-state index in [2.05, 4.69) is 0 Å². The standard InChI is InChI=1S/C16H16F3NO/c1-9-5-12(15(19)7-14(9)18)16(21)13(8-20)10-3-2-4-11(17)6-10/h2-7,13,16,21H,8,20H2,1H3. The summed E-state index contributed by atoms with van der Waals surface area (Å²) in [6.45, 7) is 1.48. The molecule has 0 aliphatic rings. The van der Waals surface area contributed by atoms with Crippen LogP contribution in [0.3, 0.4) is 0 Å². The van der Waals surface area contributed by atoms with E-state index in [-0.39, 0.29) is 17.7 Å². The number of hydrogen-bond donors (Lipinski definition) is 2. The van der Waals surface area contributed by atoms with E-state index in [0.29, 0.717) is 5.56 Å². The van der Waals surface area contributed by atoms with E-state index < -0.39 is 29.5 Å².